The van der Waals surface area contributed by atoms with E-state index >= 15 is 4.79 Å². The molecule has 8 nitrogen and oxygen atoms in total. The lowest BCUT2D eigenvalue weighted by molar-refractivity contribution is -0.139. The number of carbonyl (C=O) groups is 3. The highest BCUT2D eigenvalue weighted by molar-refractivity contribution is 8.02. The molecule has 2 bridgehead atoms. The van der Waals surface area contributed by atoms with Crippen LogP contribution >= 0.6 is 23.4 Å². The van der Waals surface area contributed by atoms with Crippen molar-refractivity contribution in [3.8, 4) is 5.75 Å². The average molecular weight is 694 g/mol. The van der Waals surface area contributed by atoms with Crippen LogP contribution in [0, 0.1) is 18.8 Å². The number of nitrogens with zero attached hydrogens (tertiary/aromatic N) is 3. The Balaban J connectivity index is 1.56. The second-order valence-corrected chi connectivity index (χ2v) is 15.5. The van der Waals surface area contributed by atoms with Crippen LogP contribution < -0.4 is 14.5 Å². The molecule has 3 aliphatic rings. The standard InChI is InChI=1S/C38H48ClN3O5S/c1-6-22-40(27-16-18-28(19-17-27)47-8-3)34(44)30-31-35(45)42(24-11-9-10-12-25-43)33(38(31)21-20-37(30,5)48-38)36(46)41(23-7-2)32-26(4)14-13-15-29(32)39/h6-7,13-19,30-31,33,43H,1-2,8-12,20-25H2,3-5H3/t30-,31+,33?,37+,38?/m1/s1. The number of halogens is 1. The molecule has 0 aromatic heterocycles. The minimum Gasteiger partial charge on any atom is -0.494 e. The van der Waals surface area contributed by atoms with Gasteiger partial charge in [-0.2, -0.15) is 0 Å². The molecule has 3 fully saturated rings. The van der Waals surface area contributed by atoms with Crippen LogP contribution in [0.1, 0.15) is 57.9 Å². The number of aliphatic hydroxyl groups excluding tert-OH is 1. The largest absolute Gasteiger partial charge is 0.494 e. The lowest BCUT2D eigenvalue weighted by Gasteiger charge is -2.38. The fraction of sp³-hybridized carbons (Fsp3) is 0.500. The Morgan fingerprint density at radius 2 is 1.73 bits per heavy atom. The van der Waals surface area contributed by atoms with Crippen molar-refractivity contribution in [3.05, 3.63) is 78.4 Å². The Hall–Kier alpha value is -3.27. The van der Waals surface area contributed by atoms with Crippen molar-refractivity contribution in [1.82, 2.24) is 4.90 Å². The number of aryl methyl sites for hydroxylation is 1. The number of thioether (sulfide) groups is 1. The highest BCUT2D eigenvalue weighted by Gasteiger charge is 2.77. The SMILES string of the molecule is C=CCN(C(=O)[C@H]1[C@H]2C(=O)N(CCCCCCO)C(C(=O)N(CC=C)c3c(C)cccc3Cl)C23CC[C@]1(C)S3)c1ccc(OCC)cc1. The lowest BCUT2D eigenvalue weighted by atomic mass is 9.66. The number of anilines is 2. The van der Waals surface area contributed by atoms with Gasteiger partial charge >= 0.3 is 0 Å². The third-order valence-corrected chi connectivity index (χ3v) is 12.4. The van der Waals surface area contributed by atoms with E-state index < -0.39 is 27.4 Å². The van der Waals surface area contributed by atoms with Crippen molar-refractivity contribution in [1.29, 1.82) is 0 Å². The predicted molar refractivity (Wildman–Crippen MR) is 195 cm³/mol. The summed E-state index contributed by atoms with van der Waals surface area (Å²) >= 11 is 8.40. The topological polar surface area (TPSA) is 90.4 Å². The van der Waals surface area contributed by atoms with E-state index in [4.69, 9.17) is 16.3 Å². The second kappa shape index (κ2) is 15.1. The molecule has 2 aromatic carbocycles. The Kier molecular flexibility index (Phi) is 11.3. The third-order valence-electron chi connectivity index (χ3n) is 10.2. The molecule has 10 heteroatoms. The first kappa shape index (κ1) is 36.0. The summed E-state index contributed by atoms with van der Waals surface area (Å²) in [6.07, 6.45) is 7.79. The molecule has 5 rings (SSSR count). The van der Waals surface area contributed by atoms with Crippen LogP contribution in [0.2, 0.25) is 5.02 Å². The van der Waals surface area contributed by atoms with E-state index in [0.717, 1.165) is 18.4 Å². The fourth-order valence-corrected chi connectivity index (χ4v) is 10.8. The summed E-state index contributed by atoms with van der Waals surface area (Å²) in [6.45, 7) is 15.4. The minimum absolute atomic E-state index is 0.122. The second-order valence-electron chi connectivity index (χ2n) is 13.2. The smallest absolute Gasteiger partial charge is 0.251 e. The molecule has 3 heterocycles. The number of rotatable bonds is 16. The van der Waals surface area contributed by atoms with E-state index in [-0.39, 0.29) is 37.4 Å². The Morgan fingerprint density at radius 1 is 1.04 bits per heavy atom. The number of likely N-dealkylation sites (tertiary alicyclic amines) is 1. The molecule has 0 saturated carbocycles. The van der Waals surface area contributed by atoms with Crippen molar-refractivity contribution in [2.45, 2.75) is 74.8 Å². The first-order chi connectivity index (χ1) is 23.1. The van der Waals surface area contributed by atoms with Crippen LogP contribution in [0.3, 0.4) is 0 Å². The van der Waals surface area contributed by atoms with Gasteiger partial charge in [0.15, 0.2) is 0 Å². The van der Waals surface area contributed by atoms with Crippen molar-refractivity contribution in [2.75, 3.05) is 42.6 Å². The van der Waals surface area contributed by atoms with E-state index in [9.17, 15) is 14.7 Å². The summed E-state index contributed by atoms with van der Waals surface area (Å²) in [5.74, 6) is -1.03. The molecule has 0 aliphatic carbocycles. The van der Waals surface area contributed by atoms with Gasteiger partial charge in [-0.3, -0.25) is 14.4 Å². The van der Waals surface area contributed by atoms with Gasteiger partial charge in [-0.05, 0) is 82.3 Å². The summed E-state index contributed by atoms with van der Waals surface area (Å²) < 4.78 is 4.32. The van der Waals surface area contributed by atoms with Gasteiger partial charge < -0.3 is 24.5 Å². The van der Waals surface area contributed by atoms with Crippen LogP contribution in [0.15, 0.2) is 67.8 Å². The van der Waals surface area contributed by atoms with Crippen LogP contribution in [-0.2, 0) is 14.4 Å². The molecular weight excluding hydrogens is 646 g/mol. The molecule has 5 atom stereocenters. The van der Waals surface area contributed by atoms with Crippen molar-refractivity contribution in [3.63, 3.8) is 0 Å². The summed E-state index contributed by atoms with van der Waals surface area (Å²) in [5.41, 5.74) is 2.17. The zero-order valence-corrected chi connectivity index (χ0v) is 29.9. The summed E-state index contributed by atoms with van der Waals surface area (Å²) in [4.78, 5) is 49.8. The van der Waals surface area contributed by atoms with E-state index in [1.54, 1.807) is 44.7 Å². The molecule has 1 spiro atoms. The molecule has 1 N–H and O–H groups in total. The third kappa shape index (κ3) is 6.41. The minimum atomic E-state index is -0.776. The van der Waals surface area contributed by atoms with E-state index in [2.05, 4.69) is 20.1 Å². The quantitative estimate of drug-likeness (QED) is 0.153. The molecule has 0 radical (unpaired) electrons. The van der Waals surface area contributed by atoms with Crippen molar-refractivity contribution < 1.29 is 24.2 Å². The summed E-state index contributed by atoms with van der Waals surface area (Å²) in [5, 5.41) is 9.76. The first-order valence-corrected chi connectivity index (χ1v) is 18.2. The monoisotopic (exact) mass is 693 g/mol. The van der Waals surface area contributed by atoms with Crippen LogP contribution in [0.5, 0.6) is 5.75 Å². The van der Waals surface area contributed by atoms with Gasteiger partial charge in [-0.1, -0.05) is 48.7 Å². The highest BCUT2D eigenvalue weighted by atomic mass is 35.5. The maximum atomic E-state index is 15.0. The van der Waals surface area contributed by atoms with Crippen LogP contribution in [0.4, 0.5) is 11.4 Å². The maximum absolute atomic E-state index is 15.0. The van der Waals surface area contributed by atoms with Crippen molar-refractivity contribution in [2.24, 2.45) is 11.8 Å². The molecule has 258 valence electrons. The average Bonchev–Trinajstić information content (AvgIpc) is 3.63. The van der Waals surface area contributed by atoms with Crippen LogP contribution in [-0.4, -0.2) is 76.1 Å². The molecule has 2 unspecified atom stereocenters. The summed E-state index contributed by atoms with van der Waals surface area (Å²) in [6, 6.07) is 12.2. The number of unbranched alkanes of at least 4 members (excludes halogenated alkanes) is 3. The molecule has 3 aliphatic heterocycles. The number of amides is 3. The number of carbonyl (C=O) groups excluding carboxylic acids is 3. The fourth-order valence-electron chi connectivity index (χ4n) is 8.11. The maximum Gasteiger partial charge on any atom is 0.251 e. The molecule has 2 aromatic rings. The van der Waals surface area contributed by atoms with Gasteiger partial charge in [-0.15, -0.1) is 24.9 Å². The number of para-hydroxylation sites is 1. The number of aliphatic hydroxyl groups is 1. The van der Waals surface area contributed by atoms with Crippen LogP contribution in [0.25, 0.3) is 0 Å². The van der Waals surface area contributed by atoms with Gasteiger partial charge in [0.05, 0.1) is 33.9 Å². The Morgan fingerprint density at radius 3 is 2.38 bits per heavy atom. The molecule has 3 saturated heterocycles. The van der Waals surface area contributed by atoms with Gasteiger partial charge in [0.25, 0.3) is 5.91 Å². The summed E-state index contributed by atoms with van der Waals surface area (Å²) in [7, 11) is 0. The number of hydrogen-bond donors (Lipinski definition) is 1. The van der Waals surface area contributed by atoms with Gasteiger partial charge in [0, 0.05) is 36.7 Å². The molecular formula is C38H48ClN3O5S. The van der Waals surface area contributed by atoms with Crippen molar-refractivity contribution >= 4 is 52.5 Å². The zero-order valence-electron chi connectivity index (χ0n) is 28.3. The normalized spacial score (nSPS) is 25.6. The van der Waals surface area contributed by atoms with E-state index in [1.807, 2.05) is 50.2 Å². The van der Waals surface area contributed by atoms with E-state index in [1.165, 1.54) is 0 Å². The highest BCUT2D eigenvalue weighted by Crippen LogP contribution is 2.71. The molecule has 3 amide bonds. The van der Waals surface area contributed by atoms with Gasteiger partial charge in [0.2, 0.25) is 11.8 Å². The first-order valence-electron chi connectivity index (χ1n) is 17.0. The lowest BCUT2D eigenvalue weighted by Crippen LogP contribution is -2.55. The zero-order chi connectivity index (χ0) is 34.6. The molecule has 48 heavy (non-hydrogen) atoms. The van der Waals surface area contributed by atoms with Gasteiger partial charge in [-0.25, -0.2) is 0 Å². The Bertz CT molecular complexity index is 1510. The number of benzene rings is 2. The van der Waals surface area contributed by atoms with E-state index in [0.29, 0.717) is 61.0 Å². The van der Waals surface area contributed by atoms with Gasteiger partial charge in [0.1, 0.15) is 11.8 Å². The predicted octanol–water partition coefficient (Wildman–Crippen LogP) is 6.82. The number of ether oxygens (including phenoxy) is 1. The number of fused-ring (bicyclic) bond motifs is 1. The number of hydrogen-bond acceptors (Lipinski definition) is 6. The Labute approximate surface area is 294 Å².